The van der Waals surface area contributed by atoms with E-state index in [1.54, 1.807) is 16.8 Å². The molecule has 1 N–H and O–H groups in total. The summed E-state index contributed by atoms with van der Waals surface area (Å²) in [7, 11) is 1.80. The molecule has 0 unspecified atom stereocenters. The predicted molar refractivity (Wildman–Crippen MR) is 76.2 cm³/mol. The van der Waals surface area contributed by atoms with E-state index >= 15 is 0 Å². The van der Waals surface area contributed by atoms with Gasteiger partial charge in [0.15, 0.2) is 0 Å². The third-order valence-electron chi connectivity index (χ3n) is 3.03. The smallest absolute Gasteiger partial charge is 0.319 e. The van der Waals surface area contributed by atoms with Gasteiger partial charge in [0.05, 0.1) is 0 Å². The third kappa shape index (κ3) is 7.70. The number of carbonyl (C=O) groups excluding carboxylic acids is 1. The molecule has 0 saturated heterocycles. The summed E-state index contributed by atoms with van der Waals surface area (Å²) >= 11 is 0. The highest BCUT2D eigenvalue weighted by atomic mass is 16.4. The molecule has 0 aliphatic rings. The predicted octanol–water partition coefficient (Wildman–Crippen LogP) is 2.66. The molecule has 0 heterocycles. The van der Waals surface area contributed by atoms with Crippen LogP contribution in [0.2, 0.25) is 0 Å². The molecule has 0 spiro atoms. The molecule has 0 fully saturated rings. The Kier molecular flexibility index (Phi) is 8.19. The fraction of sp³-hybridized carbons (Fsp3) is 0.857. The molecule has 0 aromatic heterocycles. The highest BCUT2D eigenvalue weighted by molar-refractivity contribution is 5.74. The van der Waals surface area contributed by atoms with E-state index in [1.165, 1.54) is 0 Å². The van der Waals surface area contributed by atoms with Crippen molar-refractivity contribution in [3.63, 3.8) is 0 Å². The van der Waals surface area contributed by atoms with Crippen LogP contribution in [0.1, 0.15) is 47.0 Å². The standard InChI is InChI=1S/C14H28N2O3/c1-11(2)8-10-15(5)14(19)16(12(3)4)9-6-7-13(17)18/h11-12H,6-10H2,1-5H3,(H,17,18). The van der Waals surface area contributed by atoms with Gasteiger partial charge in [0, 0.05) is 32.6 Å². The number of hydrogen-bond donors (Lipinski definition) is 1. The fourth-order valence-electron chi connectivity index (χ4n) is 1.74. The summed E-state index contributed by atoms with van der Waals surface area (Å²) in [5.74, 6) is -0.251. The summed E-state index contributed by atoms with van der Waals surface area (Å²) in [4.78, 5) is 26.3. The average Bonchev–Trinajstić information content (AvgIpc) is 2.29. The molecule has 19 heavy (non-hydrogen) atoms. The van der Waals surface area contributed by atoms with Crippen LogP contribution in [0.25, 0.3) is 0 Å². The number of carbonyl (C=O) groups is 2. The number of carboxylic acid groups (broad SMARTS) is 1. The molecule has 0 aromatic carbocycles. The van der Waals surface area contributed by atoms with Crippen molar-refractivity contribution < 1.29 is 14.7 Å². The first-order chi connectivity index (χ1) is 8.75. The number of nitrogens with zero attached hydrogens (tertiary/aromatic N) is 2. The van der Waals surface area contributed by atoms with Crippen LogP contribution in [0.15, 0.2) is 0 Å². The van der Waals surface area contributed by atoms with Crippen molar-refractivity contribution in [2.24, 2.45) is 5.92 Å². The van der Waals surface area contributed by atoms with E-state index < -0.39 is 5.97 Å². The molecule has 0 saturated carbocycles. The van der Waals surface area contributed by atoms with E-state index in [9.17, 15) is 9.59 Å². The zero-order valence-corrected chi connectivity index (χ0v) is 12.8. The summed E-state index contributed by atoms with van der Waals surface area (Å²) < 4.78 is 0. The van der Waals surface area contributed by atoms with Crippen LogP contribution >= 0.6 is 0 Å². The van der Waals surface area contributed by atoms with Gasteiger partial charge in [-0.15, -0.1) is 0 Å². The molecule has 0 atom stereocenters. The Bertz CT molecular complexity index is 290. The molecule has 0 aromatic rings. The Morgan fingerprint density at radius 2 is 1.68 bits per heavy atom. The molecule has 0 aliphatic heterocycles. The van der Waals surface area contributed by atoms with Gasteiger partial charge in [0.1, 0.15) is 0 Å². The number of carboxylic acids is 1. The Morgan fingerprint density at radius 3 is 2.11 bits per heavy atom. The van der Waals surface area contributed by atoms with Gasteiger partial charge >= 0.3 is 12.0 Å². The molecular formula is C14H28N2O3. The van der Waals surface area contributed by atoms with Crippen LogP contribution in [-0.2, 0) is 4.79 Å². The minimum absolute atomic E-state index is 0.0129. The molecule has 0 rings (SSSR count). The monoisotopic (exact) mass is 272 g/mol. The number of rotatable bonds is 8. The van der Waals surface area contributed by atoms with Gasteiger partial charge in [0.2, 0.25) is 0 Å². The van der Waals surface area contributed by atoms with Crippen LogP contribution in [0, 0.1) is 5.92 Å². The second-order valence-corrected chi connectivity index (χ2v) is 5.67. The van der Waals surface area contributed by atoms with E-state index in [2.05, 4.69) is 13.8 Å². The molecule has 112 valence electrons. The summed E-state index contributed by atoms with van der Waals surface area (Å²) in [6.07, 6.45) is 1.58. The van der Waals surface area contributed by atoms with E-state index in [0.29, 0.717) is 18.9 Å². The summed E-state index contributed by atoms with van der Waals surface area (Å²) in [5, 5.41) is 8.64. The topological polar surface area (TPSA) is 60.9 Å². The van der Waals surface area contributed by atoms with Crippen LogP contribution in [0.3, 0.4) is 0 Å². The second-order valence-electron chi connectivity index (χ2n) is 5.67. The van der Waals surface area contributed by atoms with Crippen molar-refractivity contribution in [3.8, 4) is 0 Å². The summed E-state index contributed by atoms with van der Waals surface area (Å²) in [6.45, 7) is 9.40. The maximum atomic E-state index is 12.3. The molecule has 0 bridgehead atoms. The average molecular weight is 272 g/mol. The van der Waals surface area contributed by atoms with Crippen molar-refractivity contribution >= 4 is 12.0 Å². The number of hydrogen-bond acceptors (Lipinski definition) is 2. The van der Waals surface area contributed by atoms with E-state index in [4.69, 9.17) is 5.11 Å². The lowest BCUT2D eigenvalue weighted by Crippen LogP contribution is -2.45. The van der Waals surface area contributed by atoms with Crippen molar-refractivity contribution in [1.29, 1.82) is 0 Å². The minimum atomic E-state index is -0.815. The van der Waals surface area contributed by atoms with E-state index in [1.807, 2.05) is 13.8 Å². The highest BCUT2D eigenvalue weighted by Crippen LogP contribution is 2.08. The quantitative estimate of drug-likeness (QED) is 0.739. The maximum Gasteiger partial charge on any atom is 0.319 e. The first kappa shape index (κ1) is 17.7. The van der Waals surface area contributed by atoms with Crippen molar-refractivity contribution in [1.82, 2.24) is 9.80 Å². The third-order valence-corrected chi connectivity index (χ3v) is 3.03. The van der Waals surface area contributed by atoms with Gasteiger partial charge in [-0.25, -0.2) is 4.79 Å². The van der Waals surface area contributed by atoms with Gasteiger partial charge in [-0.1, -0.05) is 13.8 Å². The SMILES string of the molecule is CC(C)CCN(C)C(=O)N(CCCC(=O)O)C(C)C. The van der Waals surface area contributed by atoms with E-state index in [-0.39, 0.29) is 18.5 Å². The lowest BCUT2D eigenvalue weighted by Gasteiger charge is -2.31. The van der Waals surface area contributed by atoms with Crippen LogP contribution < -0.4 is 0 Å². The highest BCUT2D eigenvalue weighted by Gasteiger charge is 2.20. The van der Waals surface area contributed by atoms with Gasteiger partial charge in [-0.3, -0.25) is 4.79 Å². The van der Waals surface area contributed by atoms with Crippen molar-refractivity contribution in [2.75, 3.05) is 20.1 Å². The van der Waals surface area contributed by atoms with E-state index in [0.717, 1.165) is 13.0 Å². The summed E-state index contributed by atoms with van der Waals surface area (Å²) in [5.41, 5.74) is 0. The van der Waals surface area contributed by atoms with Gasteiger partial charge in [0.25, 0.3) is 0 Å². The number of aliphatic carboxylic acids is 1. The molecule has 2 amide bonds. The minimum Gasteiger partial charge on any atom is -0.481 e. The Labute approximate surface area is 116 Å². The Hall–Kier alpha value is -1.26. The lowest BCUT2D eigenvalue weighted by molar-refractivity contribution is -0.137. The van der Waals surface area contributed by atoms with Crippen LogP contribution in [-0.4, -0.2) is 53.1 Å². The van der Waals surface area contributed by atoms with Crippen LogP contribution in [0.5, 0.6) is 0 Å². The molecule has 5 heteroatoms. The molecule has 0 aliphatic carbocycles. The molecule has 5 nitrogen and oxygen atoms in total. The fourth-order valence-corrected chi connectivity index (χ4v) is 1.74. The van der Waals surface area contributed by atoms with Crippen molar-refractivity contribution in [3.05, 3.63) is 0 Å². The maximum absolute atomic E-state index is 12.3. The van der Waals surface area contributed by atoms with Gasteiger partial charge in [-0.2, -0.15) is 0 Å². The summed E-state index contributed by atoms with van der Waals surface area (Å²) in [6, 6.07) is 0.0730. The number of urea groups is 1. The molecule has 0 radical (unpaired) electrons. The zero-order valence-electron chi connectivity index (χ0n) is 12.8. The first-order valence-corrected chi connectivity index (χ1v) is 6.99. The molecular weight excluding hydrogens is 244 g/mol. The van der Waals surface area contributed by atoms with Crippen molar-refractivity contribution in [2.45, 2.75) is 53.0 Å². The van der Waals surface area contributed by atoms with Crippen LogP contribution in [0.4, 0.5) is 4.79 Å². The van der Waals surface area contributed by atoms with Gasteiger partial charge < -0.3 is 14.9 Å². The number of amides is 2. The van der Waals surface area contributed by atoms with Gasteiger partial charge in [-0.05, 0) is 32.6 Å². The largest absolute Gasteiger partial charge is 0.481 e. The normalized spacial score (nSPS) is 10.9. The lowest BCUT2D eigenvalue weighted by atomic mass is 10.1. The Morgan fingerprint density at radius 1 is 1.11 bits per heavy atom. The second kappa shape index (κ2) is 8.77. The first-order valence-electron chi connectivity index (χ1n) is 6.99. The Balaban J connectivity index is 4.35. The zero-order chi connectivity index (χ0) is 15.0.